The third-order valence-electron chi connectivity index (χ3n) is 10.2. The number of esters is 2. The first-order valence-corrected chi connectivity index (χ1v) is 22.8. The molecule has 6 N–H and O–H groups in total. The van der Waals surface area contributed by atoms with Crippen LogP contribution in [0.4, 0.5) is 0 Å². The number of aliphatic hydroxyl groups is 5. The van der Waals surface area contributed by atoms with E-state index >= 15 is 0 Å². The van der Waals surface area contributed by atoms with E-state index in [0.29, 0.717) is 12.8 Å². The molecule has 0 aromatic heterocycles. The van der Waals surface area contributed by atoms with Crippen LogP contribution in [-0.2, 0) is 32.7 Å². The molecule has 1 aliphatic rings. The zero-order valence-corrected chi connectivity index (χ0v) is 34.4. The Hall–Kier alpha value is -1.15. The first-order valence-electron chi connectivity index (χ1n) is 21.3. The van der Waals surface area contributed by atoms with Crippen molar-refractivity contribution < 1.29 is 63.1 Å². The van der Waals surface area contributed by atoms with Gasteiger partial charge in [-0.05, 0) is 12.8 Å². The van der Waals surface area contributed by atoms with Gasteiger partial charge in [-0.2, -0.15) is 0 Å². The van der Waals surface area contributed by atoms with E-state index in [1.165, 1.54) is 109 Å². The van der Waals surface area contributed by atoms with Gasteiger partial charge >= 0.3 is 19.8 Å². The Labute approximate surface area is 325 Å². The summed E-state index contributed by atoms with van der Waals surface area (Å²) >= 11 is 0. The normalized spacial score (nSPS) is 23.2. The SMILES string of the molecule is CCCCCCCCCCCCCCCCCC(=O)OC(COC(=O)CCCCCCCCCCCC)COP(=O)(O)OC1C(O)C(O)C(O)C(O)C1O. The molecule has 0 amide bonds. The Morgan fingerprint density at radius 1 is 0.500 bits per heavy atom. The number of phosphoric ester groups is 1. The van der Waals surface area contributed by atoms with Gasteiger partial charge in [-0.15, -0.1) is 0 Å². The van der Waals surface area contributed by atoms with Crippen LogP contribution in [0.3, 0.4) is 0 Å². The van der Waals surface area contributed by atoms with Crippen LogP contribution in [0.2, 0.25) is 0 Å². The molecule has 13 nitrogen and oxygen atoms in total. The summed E-state index contributed by atoms with van der Waals surface area (Å²) in [5.74, 6) is -1.09. The predicted octanol–water partition coefficient (Wildman–Crippen LogP) is 7.33. The molecule has 0 aromatic rings. The first kappa shape index (κ1) is 50.9. The summed E-state index contributed by atoms with van der Waals surface area (Å²) in [4.78, 5) is 35.5. The topological polar surface area (TPSA) is 210 Å². The van der Waals surface area contributed by atoms with Crippen LogP contribution in [0.15, 0.2) is 0 Å². The van der Waals surface area contributed by atoms with Crippen molar-refractivity contribution in [1.82, 2.24) is 0 Å². The molecular formula is C40H77O13P. The van der Waals surface area contributed by atoms with Gasteiger partial charge in [-0.3, -0.25) is 18.6 Å². The molecule has 0 aliphatic heterocycles. The maximum absolute atomic E-state index is 12.8. The molecule has 1 saturated carbocycles. The molecule has 14 heteroatoms. The van der Waals surface area contributed by atoms with Crippen molar-refractivity contribution >= 4 is 19.8 Å². The van der Waals surface area contributed by atoms with Gasteiger partial charge < -0.3 is 39.9 Å². The number of carbonyl (C=O) groups excluding carboxylic acids is 2. The van der Waals surface area contributed by atoms with E-state index in [-0.39, 0.29) is 12.8 Å². The van der Waals surface area contributed by atoms with Crippen molar-refractivity contribution in [2.24, 2.45) is 0 Å². The van der Waals surface area contributed by atoms with E-state index in [0.717, 1.165) is 38.5 Å². The minimum atomic E-state index is -5.10. The van der Waals surface area contributed by atoms with E-state index in [1.54, 1.807) is 0 Å². The lowest BCUT2D eigenvalue weighted by Gasteiger charge is -2.41. The van der Waals surface area contributed by atoms with Gasteiger partial charge in [0.25, 0.3) is 0 Å². The zero-order chi connectivity index (χ0) is 40.0. The second kappa shape index (κ2) is 31.9. The quantitative estimate of drug-likeness (QED) is 0.0211. The van der Waals surface area contributed by atoms with Gasteiger partial charge in [0, 0.05) is 12.8 Å². The van der Waals surface area contributed by atoms with Gasteiger partial charge in [0.15, 0.2) is 6.10 Å². The van der Waals surface area contributed by atoms with Gasteiger partial charge in [0.1, 0.15) is 43.2 Å². The summed E-state index contributed by atoms with van der Waals surface area (Å²) in [7, 11) is -5.10. The molecule has 0 bridgehead atoms. The molecule has 6 unspecified atom stereocenters. The standard InChI is InChI=1S/C40H77O13P/c1-3-5-7-9-11-13-15-16-17-18-19-21-23-25-27-29-34(42)52-32(30-50-33(41)28-26-24-22-20-14-12-10-8-6-4-2)31-51-54(48,49)53-40-38(46)36(44)35(43)37(45)39(40)47/h32,35-40,43-47H,3-31H2,1-2H3,(H,48,49). The molecule has 6 atom stereocenters. The molecule has 0 saturated heterocycles. The number of phosphoric acid groups is 1. The van der Waals surface area contributed by atoms with Crippen LogP contribution in [-0.4, -0.2) is 98.3 Å². The van der Waals surface area contributed by atoms with E-state index in [4.69, 9.17) is 18.5 Å². The van der Waals surface area contributed by atoms with Crippen LogP contribution < -0.4 is 0 Å². The van der Waals surface area contributed by atoms with Gasteiger partial charge in [-0.25, -0.2) is 4.57 Å². The van der Waals surface area contributed by atoms with Crippen molar-refractivity contribution in [2.45, 2.75) is 230 Å². The summed E-state index contributed by atoms with van der Waals surface area (Å²) in [6.07, 6.45) is 16.0. The summed E-state index contributed by atoms with van der Waals surface area (Å²) in [5.41, 5.74) is 0. The van der Waals surface area contributed by atoms with E-state index in [9.17, 15) is 44.6 Å². The second-order valence-electron chi connectivity index (χ2n) is 15.2. The lowest BCUT2D eigenvalue weighted by molar-refractivity contribution is -0.220. The van der Waals surface area contributed by atoms with Crippen molar-refractivity contribution in [3.63, 3.8) is 0 Å². The maximum Gasteiger partial charge on any atom is 0.472 e. The fourth-order valence-corrected chi connectivity index (χ4v) is 7.67. The van der Waals surface area contributed by atoms with Crippen LogP contribution in [0.1, 0.15) is 187 Å². The third kappa shape index (κ3) is 24.5. The summed E-state index contributed by atoms with van der Waals surface area (Å²) in [6.45, 7) is 3.28. The largest absolute Gasteiger partial charge is 0.472 e. The highest BCUT2D eigenvalue weighted by Gasteiger charge is 2.51. The smallest absolute Gasteiger partial charge is 0.462 e. The first-order chi connectivity index (χ1) is 25.9. The average molecular weight is 797 g/mol. The summed E-state index contributed by atoms with van der Waals surface area (Å²) in [6, 6.07) is 0. The monoisotopic (exact) mass is 797 g/mol. The Morgan fingerprint density at radius 2 is 0.833 bits per heavy atom. The Kier molecular flexibility index (Phi) is 30.0. The van der Waals surface area contributed by atoms with Crippen LogP contribution in [0.5, 0.6) is 0 Å². The fourth-order valence-electron chi connectivity index (χ4n) is 6.70. The minimum Gasteiger partial charge on any atom is -0.462 e. The molecule has 1 aliphatic carbocycles. The second-order valence-corrected chi connectivity index (χ2v) is 16.6. The average Bonchev–Trinajstić information content (AvgIpc) is 3.15. The number of ether oxygens (including phenoxy) is 2. The van der Waals surface area contributed by atoms with Gasteiger partial charge in [-0.1, -0.05) is 162 Å². The molecule has 1 fully saturated rings. The Bertz CT molecular complexity index is 969. The zero-order valence-electron chi connectivity index (χ0n) is 33.5. The molecule has 0 spiro atoms. The molecule has 54 heavy (non-hydrogen) atoms. The van der Waals surface area contributed by atoms with Crippen molar-refractivity contribution in [2.75, 3.05) is 13.2 Å². The third-order valence-corrected chi connectivity index (χ3v) is 11.2. The highest BCUT2D eigenvalue weighted by Crippen LogP contribution is 2.47. The van der Waals surface area contributed by atoms with Crippen LogP contribution >= 0.6 is 7.82 Å². The minimum absolute atomic E-state index is 0.104. The molecule has 0 heterocycles. The number of hydrogen-bond donors (Lipinski definition) is 6. The Balaban J connectivity index is 2.48. The lowest BCUT2D eigenvalue weighted by atomic mass is 9.85. The highest BCUT2D eigenvalue weighted by molar-refractivity contribution is 7.47. The van der Waals surface area contributed by atoms with Gasteiger partial charge in [0.2, 0.25) is 0 Å². The number of hydrogen-bond acceptors (Lipinski definition) is 12. The van der Waals surface area contributed by atoms with E-state index < -0.39 is 75.7 Å². The number of aliphatic hydroxyl groups excluding tert-OH is 5. The Morgan fingerprint density at radius 3 is 1.22 bits per heavy atom. The highest BCUT2D eigenvalue weighted by atomic mass is 31.2. The van der Waals surface area contributed by atoms with E-state index in [2.05, 4.69) is 13.8 Å². The lowest BCUT2D eigenvalue weighted by Crippen LogP contribution is -2.64. The van der Waals surface area contributed by atoms with Crippen LogP contribution in [0, 0.1) is 0 Å². The van der Waals surface area contributed by atoms with E-state index in [1.807, 2.05) is 0 Å². The maximum atomic E-state index is 12.8. The number of unbranched alkanes of at least 4 members (excludes halogenated alkanes) is 23. The molecule has 0 aromatic carbocycles. The fraction of sp³-hybridized carbons (Fsp3) is 0.950. The summed E-state index contributed by atoms with van der Waals surface area (Å²) in [5, 5.41) is 50.0. The molecule has 0 radical (unpaired) electrons. The number of carbonyl (C=O) groups is 2. The molecule has 320 valence electrons. The van der Waals surface area contributed by atoms with Gasteiger partial charge in [0.05, 0.1) is 6.61 Å². The van der Waals surface area contributed by atoms with Crippen LogP contribution in [0.25, 0.3) is 0 Å². The number of rotatable bonds is 35. The van der Waals surface area contributed by atoms with Crippen molar-refractivity contribution in [3.05, 3.63) is 0 Å². The summed E-state index contributed by atoms with van der Waals surface area (Å²) < 4.78 is 33.4. The molecular weight excluding hydrogens is 719 g/mol. The molecule has 1 rings (SSSR count). The van der Waals surface area contributed by atoms with Crippen molar-refractivity contribution in [1.29, 1.82) is 0 Å². The predicted molar refractivity (Wildman–Crippen MR) is 208 cm³/mol. The van der Waals surface area contributed by atoms with Crippen molar-refractivity contribution in [3.8, 4) is 0 Å².